The molecule has 33 heavy (non-hydrogen) atoms. The maximum atomic E-state index is 13.2. The van der Waals surface area contributed by atoms with Gasteiger partial charge in [-0.3, -0.25) is 14.5 Å². The third-order valence-electron chi connectivity index (χ3n) is 6.12. The van der Waals surface area contributed by atoms with Gasteiger partial charge in [0.15, 0.2) is 23.1 Å². The van der Waals surface area contributed by atoms with Crippen LogP contribution in [0.15, 0.2) is 23.1 Å². The second-order valence-corrected chi connectivity index (χ2v) is 10.4. The Morgan fingerprint density at radius 1 is 1.03 bits per heavy atom. The van der Waals surface area contributed by atoms with Crippen LogP contribution in [-0.4, -0.2) is 80.1 Å². The maximum absolute atomic E-state index is 13.2. The Bertz CT molecular complexity index is 1180. The highest BCUT2D eigenvalue weighted by molar-refractivity contribution is 7.89. The number of carbonyl (C=O) groups is 2. The largest absolute Gasteiger partial charge is 0.490 e. The van der Waals surface area contributed by atoms with Crippen molar-refractivity contribution in [1.29, 1.82) is 0 Å². The van der Waals surface area contributed by atoms with Crippen LogP contribution in [0.3, 0.4) is 0 Å². The Morgan fingerprint density at radius 3 is 2.33 bits per heavy atom. The van der Waals surface area contributed by atoms with E-state index in [4.69, 9.17) is 9.47 Å². The summed E-state index contributed by atoms with van der Waals surface area (Å²) in [7, 11) is -3.69. The van der Waals surface area contributed by atoms with E-state index in [1.165, 1.54) is 17.3 Å². The number of Topliss-reactive ketones (excluding diaryl/α,β-unsaturated/α-hetero) is 2. The van der Waals surface area contributed by atoms with E-state index in [-0.39, 0.29) is 36.1 Å². The summed E-state index contributed by atoms with van der Waals surface area (Å²) in [4.78, 5) is 29.8. The molecule has 178 valence electrons. The van der Waals surface area contributed by atoms with Crippen molar-refractivity contribution in [3.05, 3.63) is 40.7 Å². The highest BCUT2D eigenvalue weighted by Gasteiger charge is 2.31. The molecule has 3 heterocycles. The van der Waals surface area contributed by atoms with E-state index >= 15 is 0 Å². The van der Waals surface area contributed by atoms with Gasteiger partial charge in [0.05, 0.1) is 30.3 Å². The molecule has 1 fully saturated rings. The average molecular weight is 476 g/mol. The number of hydrogen-bond acceptors (Lipinski definition) is 7. The summed E-state index contributed by atoms with van der Waals surface area (Å²) >= 11 is 0. The number of nitrogens with one attached hydrogen (secondary N) is 1. The van der Waals surface area contributed by atoms with Crippen molar-refractivity contribution >= 4 is 21.6 Å². The first-order chi connectivity index (χ1) is 15.7. The Labute approximate surface area is 193 Å². The Kier molecular flexibility index (Phi) is 6.60. The van der Waals surface area contributed by atoms with Crippen LogP contribution < -0.4 is 9.47 Å². The van der Waals surface area contributed by atoms with Crippen molar-refractivity contribution in [1.82, 2.24) is 14.2 Å². The number of aromatic nitrogens is 1. The van der Waals surface area contributed by atoms with Crippen molar-refractivity contribution in [2.24, 2.45) is 0 Å². The van der Waals surface area contributed by atoms with Gasteiger partial charge < -0.3 is 14.5 Å². The van der Waals surface area contributed by atoms with Gasteiger partial charge in [0, 0.05) is 49.9 Å². The lowest BCUT2D eigenvalue weighted by molar-refractivity contribution is 0.0896. The lowest BCUT2D eigenvalue weighted by Crippen LogP contribution is -2.49. The zero-order valence-electron chi connectivity index (χ0n) is 19.1. The van der Waals surface area contributed by atoms with E-state index in [0.717, 1.165) is 6.42 Å². The van der Waals surface area contributed by atoms with E-state index in [9.17, 15) is 18.0 Å². The number of carbonyl (C=O) groups excluding carboxylic acids is 2. The van der Waals surface area contributed by atoms with Gasteiger partial charge >= 0.3 is 0 Å². The monoisotopic (exact) mass is 475 g/mol. The van der Waals surface area contributed by atoms with Gasteiger partial charge in [-0.1, -0.05) is 0 Å². The lowest BCUT2D eigenvalue weighted by Gasteiger charge is -2.33. The summed E-state index contributed by atoms with van der Waals surface area (Å²) in [5, 5.41) is 0. The van der Waals surface area contributed by atoms with Crippen molar-refractivity contribution in [3.8, 4) is 11.5 Å². The fraction of sp³-hybridized carbons (Fsp3) is 0.478. The normalized spacial score (nSPS) is 17.5. The molecule has 10 heteroatoms. The number of rotatable bonds is 6. The van der Waals surface area contributed by atoms with Gasteiger partial charge in [-0.2, -0.15) is 4.31 Å². The quantitative estimate of drug-likeness (QED) is 0.638. The summed E-state index contributed by atoms with van der Waals surface area (Å²) in [6, 6.07) is 4.70. The fourth-order valence-electron chi connectivity index (χ4n) is 4.42. The summed E-state index contributed by atoms with van der Waals surface area (Å²) in [5.41, 5.74) is 2.36. The standard InChI is InChI=1S/C23H29N3O6S/c1-15-22(17(3)27)16(2)24-23(15)19(28)14-25-7-9-26(10-8-25)33(29,30)18-5-6-20-21(13-18)32-12-4-11-31-20/h5-6,13,24H,4,7-12,14H2,1-3H3. The topological polar surface area (TPSA) is 109 Å². The van der Waals surface area contributed by atoms with Gasteiger partial charge in [0.1, 0.15) is 0 Å². The molecular weight excluding hydrogens is 446 g/mol. The molecule has 0 unspecified atom stereocenters. The molecule has 0 aliphatic carbocycles. The number of hydrogen-bond donors (Lipinski definition) is 1. The molecule has 1 aromatic heterocycles. The molecule has 9 nitrogen and oxygen atoms in total. The number of benzene rings is 1. The number of ketones is 2. The zero-order chi connectivity index (χ0) is 23.8. The molecule has 0 radical (unpaired) electrons. The van der Waals surface area contributed by atoms with E-state index in [0.29, 0.717) is 60.3 Å². The van der Waals surface area contributed by atoms with E-state index in [1.54, 1.807) is 26.0 Å². The number of nitrogens with zero attached hydrogens (tertiary/aromatic N) is 2. The SMILES string of the molecule is CC(=O)c1c(C)[nH]c(C(=O)CN2CCN(S(=O)(=O)c3ccc4c(c3)OCCCO4)CC2)c1C. The first-order valence-corrected chi connectivity index (χ1v) is 12.5. The van der Waals surface area contributed by atoms with E-state index < -0.39 is 10.0 Å². The fourth-order valence-corrected chi connectivity index (χ4v) is 5.86. The smallest absolute Gasteiger partial charge is 0.243 e. The van der Waals surface area contributed by atoms with Crippen LogP contribution in [0, 0.1) is 13.8 Å². The van der Waals surface area contributed by atoms with Crippen molar-refractivity contribution in [3.63, 3.8) is 0 Å². The molecule has 1 saturated heterocycles. The van der Waals surface area contributed by atoms with Gasteiger partial charge in [-0.05, 0) is 38.5 Å². The van der Waals surface area contributed by atoms with Crippen LogP contribution in [0.1, 0.15) is 45.4 Å². The number of piperazine rings is 1. The number of sulfonamides is 1. The first kappa shape index (κ1) is 23.5. The van der Waals surface area contributed by atoms with Gasteiger partial charge in [0.2, 0.25) is 10.0 Å². The van der Waals surface area contributed by atoms with Gasteiger partial charge in [-0.25, -0.2) is 8.42 Å². The molecule has 4 rings (SSSR count). The van der Waals surface area contributed by atoms with Crippen molar-refractivity contribution < 1.29 is 27.5 Å². The van der Waals surface area contributed by atoms with Gasteiger partial charge in [-0.15, -0.1) is 0 Å². The average Bonchev–Trinajstić information content (AvgIpc) is 2.93. The third-order valence-corrected chi connectivity index (χ3v) is 8.02. The summed E-state index contributed by atoms with van der Waals surface area (Å²) in [6.45, 7) is 7.67. The number of aromatic amines is 1. The number of aryl methyl sites for hydroxylation is 1. The first-order valence-electron chi connectivity index (χ1n) is 11.0. The minimum Gasteiger partial charge on any atom is -0.490 e. The molecular formula is C23H29N3O6S. The molecule has 0 amide bonds. The number of H-pyrrole nitrogens is 1. The highest BCUT2D eigenvalue weighted by atomic mass is 32.2. The maximum Gasteiger partial charge on any atom is 0.243 e. The van der Waals surface area contributed by atoms with Crippen LogP contribution in [0.5, 0.6) is 11.5 Å². The molecule has 0 spiro atoms. The molecule has 2 aliphatic rings. The lowest BCUT2D eigenvalue weighted by atomic mass is 10.1. The van der Waals surface area contributed by atoms with Crippen LogP contribution in [0.2, 0.25) is 0 Å². The van der Waals surface area contributed by atoms with E-state index in [2.05, 4.69) is 4.98 Å². The van der Waals surface area contributed by atoms with Crippen LogP contribution in [-0.2, 0) is 10.0 Å². The molecule has 1 N–H and O–H groups in total. The van der Waals surface area contributed by atoms with Crippen molar-refractivity contribution in [2.75, 3.05) is 45.9 Å². The van der Waals surface area contributed by atoms with Crippen LogP contribution in [0.25, 0.3) is 0 Å². The molecule has 0 atom stereocenters. The highest BCUT2D eigenvalue weighted by Crippen LogP contribution is 2.33. The second-order valence-electron chi connectivity index (χ2n) is 8.44. The second kappa shape index (κ2) is 9.28. The molecule has 0 bridgehead atoms. The van der Waals surface area contributed by atoms with Crippen LogP contribution >= 0.6 is 0 Å². The molecule has 2 aromatic rings. The summed E-state index contributed by atoms with van der Waals surface area (Å²) < 4.78 is 39.0. The minimum absolute atomic E-state index is 0.0751. The zero-order valence-corrected chi connectivity index (χ0v) is 20.0. The predicted molar refractivity (Wildman–Crippen MR) is 122 cm³/mol. The summed E-state index contributed by atoms with van der Waals surface area (Å²) in [5.74, 6) is 0.813. The Hall–Kier alpha value is -2.69. The van der Waals surface area contributed by atoms with E-state index in [1.807, 2.05) is 4.90 Å². The number of fused-ring (bicyclic) bond motifs is 1. The minimum atomic E-state index is -3.69. The number of ether oxygens (including phenoxy) is 2. The molecule has 2 aliphatic heterocycles. The molecule has 0 saturated carbocycles. The van der Waals surface area contributed by atoms with Crippen molar-refractivity contribution in [2.45, 2.75) is 32.1 Å². The Morgan fingerprint density at radius 2 is 1.70 bits per heavy atom. The molecule has 1 aromatic carbocycles. The summed E-state index contributed by atoms with van der Waals surface area (Å²) in [6.07, 6.45) is 0.745. The van der Waals surface area contributed by atoms with Crippen LogP contribution in [0.4, 0.5) is 0 Å². The predicted octanol–water partition coefficient (Wildman–Crippen LogP) is 2.18. The third kappa shape index (κ3) is 4.68. The Balaban J connectivity index is 1.41. The van der Waals surface area contributed by atoms with Gasteiger partial charge in [0.25, 0.3) is 0 Å².